The van der Waals surface area contributed by atoms with E-state index in [1.54, 1.807) is 0 Å². The van der Waals surface area contributed by atoms with Crippen LogP contribution in [0.1, 0.15) is 17.0 Å². The highest BCUT2D eigenvalue weighted by molar-refractivity contribution is 7.16. The van der Waals surface area contributed by atoms with E-state index in [1.807, 2.05) is 54.6 Å². The molecule has 1 aliphatic heterocycles. The lowest BCUT2D eigenvalue weighted by molar-refractivity contribution is -0.136. The van der Waals surface area contributed by atoms with Crippen LogP contribution in [-0.4, -0.2) is 13.1 Å². The number of ether oxygens (including phenoxy) is 2. The molecule has 6 heteroatoms. The van der Waals surface area contributed by atoms with Gasteiger partial charge in [0, 0.05) is 10.1 Å². The lowest BCUT2D eigenvalue weighted by Crippen LogP contribution is -2.30. The maximum absolute atomic E-state index is 12.9. The molecule has 0 unspecified atom stereocenters. The van der Waals surface area contributed by atoms with Gasteiger partial charge in [-0.2, -0.15) is 0 Å². The largest absolute Gasteiger partial charge is 0.465 e. The first kappa shape index (κ1) is 16.4. The maximum Gasteiger partial charge on any atom is 0.340 e. The zero-order valence-corrected chi connectivity index (χ0v) is 14.7. The number of hydrogen-bond acceptors (Lipinski definition) is 6. The summed E-state index contributed by atoms with van der Waals surface area (Å²) in [5, 5.41) is 0.792. The van der Waals surface area contributed by atoms with E-state index in [2.05, 4.69) is 0 Å². The summed E-state index contributed by atoms with van der Waals surface area (Å²) >= 11 is 1.13. The Morgan fingerprint density at radius 2 is 1.81 bits per heavy atom. The maximum atomic E-state index is 12.9. The number of hydrogen-bond donors (Lipinski definition) is 1. The van der Waals surface area contributed by atoms with Gasteiger partial charge in [-0.1, -0.05) is 53.8 Å². The van der Waals surface area contributed by atoms with Crippen molar-refractivity contribution in [3.63, 3.8) is 0 Å². The highest BCUT2D eigenvalue weighted by Crippen LogP contribution is 2.44. The number of fused-ring (bicyclic) bond motifs is 3. The summed E-state index contributed by atoms with van der Waals surface area (Å²) in [6, 6.07) is 16.8. The van der Waals surface area contributed by atoms with Crippen molar-refractivity contribution in [2.24, 2.45) is 5.73 Å². The summed E-state index contributed by atoms with van der Waals surface area (Å²) in [7, 11) is 1.28. The predicted molar refractivity (Wildman–Crippen MR) is 100 cm³/mol. The monoisotopic (exact) mass is 365 g/mol. The normalized spacial score (nSPS) is 16.1. The van der Waals surface area contributed by atoms with Crippen LogP contribution in [0, 0.1) is 0 Å². The molecule has 26 heavy (non-hydrogen) atoms. The Kier molecular flexibility index (Phi) is 3.97. The Bertz CT molecular complexity index is 1100. The van der Waals surface area contributed by atoms with Crippen LogP contribution in [0.15, 0.2) is 70.8 Å². The first-order valence-corrected chi connectivity index (χ1v) is 8.80. The van der Waals surface area contributed by atoms with E-state index in [-0.39, 0.29) is 16.2 Å². The molecule has 0 aliphatic carbocycles. The van der Waals surface area contributed by atoms with E-state index >= 15 is 0 Å². The third-order valence-corrected chi connectivity index (χ3v) is 5.37. The molecular weight excluding hydrogens is 350 g/mol. The number of carbonyl (C=O) groups is 1. The molecule has 2 heterocycles. The highest BCUT2D eigenvalue weighted by Gasteiger charge is 2.38. The van der Waals surface area contributed by atoms with Gasteiger partial charge in [0.1, 0.15) is 11.3 Å². The number of methoxy groups -OCH3 is 1. The number of rotatable bonds is 2. The van der Waals surface area contributed by atoms with Gasteiger partial charge in [0.05, 0.1) is 18.6 Å². The van der Waals surface area contributed by atoms with Gasteiger partial charge in [-0.25, -0.2) is 4.79 Å². The summed E-state index contributed by atoms with van der Waals surface area (Å²) in [5.41, 5.74) is 7.43. The van der Waals surface area contributed by atoms with E-state index in [9.17, 15) is 9.59 Å². The van der Waals surface area contributed by atoms with Crippen molar-refractivity contribution < 1.29 is 14.3 Å². The van der Waals surface area contributed by atoms with E-state index in [1.165, 1.54) is 7.11 Å². The number of carbonyl (C=O) groups excluding carboxylic acids is 1. The van der Waals surface area contributed by atoms with Crippen LogP contribution in [0.3, 0.4) is 0 Å². The first-order valence-electron chi connectivity index (χ1n) is 7.98. The molecule has 0 spiro atoms. The number of nitrogens with two attached hydrogens (primary N) is 1. The Labute approximate surface area is 153 Å². The molecule has 0 bridgehead atoms. The molecule has 4 rings (SSSR count). The third-order valence-electron chi connectivity index (χ3n) is 4.39. The van der Waals surface area contributed by atoms with Crippen molar-refractivity contribution in [3.05, 3.63) is 86.7 Å². The third kappa shape index (κ3) is 2.46. The van der Waals surface area contributed by atoms with Crippen molar-refractivity contribution in [2.75, 3.05) is 7.11 Å². The molecule has 0 fully saturated rings. The minimum atomic E-state index is -0.638. The van der Waals surface area contributed by atoms with Crippen molar-refractivity contribution in [3.8, 4) is 5.75 Å². The van der Waals surface area contributed by atoms with E-state index < -0.39 is 11.9 Å². The second-order valence-corrected chi connectivity index (χ2v) is 6.86. The van der Waals surface area contributed by atoms with Gasteiger partial charge in [0.2, 0.25) is 10.6 Å². The fourth-order valence-electron chi connectivity index (χ4n) is 3.25. The SMILES string of the molecule is COC(=O)C1=C(N)Oc2c(c(=O)sc3ccccc23)[C@H]1c1ccccc1. The first-order chi connectivity index (χ1) is 12.6. The average molecular weight is 365 g/mol. The lowest BCUT2D eigenvalue weighted by atomic mass is 9.83. The van der Waals surface area contributed by atoms with Gasteiger partial charge in [-0.05, 0) is 17.7 Å². The predicted octanol–water partition coefficient (Wildman–Crippen LogP) is 3.13. The van der Waals surface area contributed by atoms with Crippen molar-refractivity contribution in [1.29, 1.82) is 0 Å². The number of benzene rings is 2. The van der Waals surface area contributed by atoms with Gasteiger partial charge in [0.25, 0.3) is 0 Å². The van der Waals surface area contributed by atoms with Crippen molar-refractivity contribution in [1.82, 2.24) is 0 Å². The topological polar surface area (TPSA) is 78.6 Å². The molecule has 2 N–H and O–H groups in total. The summed E-state index contributed by atoms with van der Waals surface area (Å²) in [5.74, 6) is -0.886. The summed E-state index contributed by atoms with van der Waals surface area (Å²) in [4.78, 5) is 25.4. The van der Waals surface area contributed by atoms with Gasteiger partial charge < -0.3 is 15.2 Å². The van der Waals surface area contributed by atoms with Gasteiger partial charge in [0.15, 0.2) is 0 Å². The highest BCUT2D eigenvalue weighted by atomic mass is 32.1. The molecule has 1 aliphatic rings. The molecular formula is C20H15NO4S. The fraction of sp³-hybridized carbons (Fsp3) is 0.100. The molecule has 2 aromatic carbocycles. The molecule has 3 aromatic rings. The average Bonchev–Trinajstić information content (AvgIpc) is 2.67. The minimum Gasteiger partial charge on any atom is -0.465 e. The molecule has 130 valence electrons. The van der Waals surface area contributed by atoms with Gasteiger partial charge in [-0.15, -0.1) is 0 Å². The summed E-state index contributed by atoms with van der Waals surface area (Å²) in [6.07, 6.45) is 0. The van der Waals surface area contributed by atoms with Crippen LogP contribution in [0.25, 0.3) is 10.1 Å². The van der Waals surface area contributed by atoms with Crippen LogP contribution in [0.5, 0.6) is 5.75 Å². The van der Waals surface area contributed by atoms with Gasteiger partial charge in [-0.3, -0.25) is 4.79 Å². The van der Waals surface area contributed by atoms with Crippen LogP contribution >= 0.6 is 11.3 Å². The lowest BCUT2D eigenvalue weighted by Gasteiger charge is -2.28. The summed E-state index contributed by atoms with van der Waals surface area (Å²) in [6.45, 7) is 0. The minimum absolute atomic E-state index is 0.0426. The van der Waals surface area contributed by atoms with Gasteiger partial charge >= 0.3 is 5.97 Å². The van der Waals surface area contributed by atoms with E-state index in [0.29, 0.717) is 11.3 Å². The standard InChI is InChI=1S/C20H15NO4S/c1-24-19(22)16-14(11-7-3-2-4-8-11)15-17(25-18(16)21)12-9-5-6-10-13(12)26-20(15)23/h2-10,14H,21H2,1H3/t14-/m1/s1. The van der Waals surface area contributed by atoms with Crippen LogP contribution in [0.4, 0.5) is 0 Å². The molecule has 0 radical (unpaired) electrons. The second-order valence-electron chi connectivity index (χ2n) is 5.84. The molecule has 1 aromatic heterocycles. The zero-order valence-electron chi connectivity index (χ0n) is 13.9. The smallest absolute Gasteiger partial charge is 0.340 e. The quantitative estimate of drug-likeness (QED) is 0.706. The van der Waals surface area contributed by atoms with Crippen LogP contribution in [-0.2, 0) is 9.53 Å². The Hall–Kier alpha value is -3.12. The Balaban J connectivity index is 2.08. The molecule has 0 saturated carbocycles. The molecule has 5 nitrogen and oxygen atoms in total. The fourth-order valence-corrected chi connectivity index (χ4v) is 4.19. The molecule has 0 amide bonds. The van der Waals surface area contributed by atoms with Crippen molar-refractivity contribution in [2.45, 2.75) is 5.92 Å². The molecule has 1 atom stereocenters. The zero-order chi connectivity index (χ0) is 18.3. The second kappa shape index (κ2) is 6.31. The molecule has 0 saturated heterocycles. The Morgan fingerprint density at radius 3 is 2.54 bits per heavy atom. The number of esters is 1. The van der Waals surface area contributed by atoms with Crippen LogP contribution in [0.2, 0.25) is 0 Å². The summed E-state index contributed by atoms with van der Waals surface area (Å²) < 4.78 is 11.3. The van der Waals surface area contributed by atoms with Crippen LogP contribution < -0.4 is 15.2 Å². The van der Waals surface area contributed by atoms with Crippen molar-refractivity contribution >= 4 is 27.4 Å². The van der Waals surface area contributed by atoms with E-state index in [4.69, 9.17) is 15.2 Å². The van der Waals surface area contributed by atoms with E-state index in [0.717, 1.165) is 27.0 Å². The Morgan fingerprint density at radius 1 is 1.12 bits per heavy atom.